The smallest absolute Gasteiger partial charge is 0.231 e. The van der Waals surface area contributed by atoms with Gasteiger partial charge in [-0.05, 0) is 31.0 Å². The molecular weight excluding hydrogens is 354 g/mol. The largest absolute Gasteiger partial charge is 0.454 e. The van der Waals surface area contributed by atoms with Gasteiger partial charge in [-0.25, -0.2) is 9.66 Å². The molecule has 0 fully saturated rings. The molecule has 2 aliphatic heterocycles. The van der Waals surface area contributed by atoms with Gasteiger partial charge in [-0.2, -0.15) is 5.10 Å². The molecular formula is C22H21N3O3. The summed E-state index contributed by atoms with van der Waals surface area (Å²) in [4.78, 5) is 4.74. The number of aliphatic hydroxyl groups excluding tert-OH is 1. The Balaban J connectivity index is 1.76. The summed E-state index contributed by atoms with van der Waals surface area (Å²) in [7, 11) is 0. The van der Waals surface area contributed by atoms with E-state index in [1.165, 1.54) is 0 Å². The van der Waals surface area contributed by atoms with Crippen LogP contribution in [0.4, 0.5) is 0 Å². The van der Waals surface area contributed by atoms with Gasteiger partial charge in [0, 0.05) is 17.5 Å². The van der Waals surface area contributed by atoms with E-state index in [1.54, 1.807) is 0 Å². The Morgan fingerprint density at radius 2 is 1.89 bits per heavy atom. The van der Waals surface area contributed by atoms with Gasteiger partial charge in [0.25, 0.3) is 0 Å². The quantitative estimate of drug-likeness (QED) is 0.594. The number of imidazole rings is 1. The maximum Gasteiger partial charge on any atom is 0.231 e. The van der Waals surface area contributed by atoms with E-state index in [1.807, 2.05) is 61.0 Å². The lowest BCUT2D eigenvalue weighted by atomic mass is 9.95. The summed E-state index contributed by atoms with van der Waals surface area (Å²) >= 11 is 0. The van der Waals surface area contributed by atoms with Crippen LogP contribution in [0.2, 0.25) is 0 Å². The van der Waals surface area contributed by atoms with Crippen LogP contribution in [0.1, 0.15) is 53.4 Å². The van der Waals surface area contributed by atoms with E-state index >= 15 is 0 Å². The first-order valence-corrected chi connectivity index (χ1v) is 9.49. The molecule has 1 N–H and O–H groups in total. The number of benzene rings is 2. The molecule has 3 heterocycles. The predicted molar refractivity (Wildman–Crippen MR) is 105 cm³/mol. The minimum atomic E-state index is -0.592. The van der Waals surface area contributed by atoms with E-state index in [4.69, 9.17) is 19.6 Å². The molecule has 1 unspecified atom stereocenters. The number of hydrogen-bond donors (Lipinski definition) is 1. The number of aliphatic hydroxyl groups is 1. The van der Waals surface area contributed by atoms with Crippen LogP contribution in [0.25, 0.3) is 0 Å². The monoisotopic (exact) mass is 375 g/mol. The number of rotatable bonds is 3. The van der Waals surface area contributed by atoms with Crippen molar-refractivity contribution in [2.75, 3.05) is 6.79 Å². The summed E-state index contributed by atoms with van der Waals surface area (Å²) in [6.45, 7) is 4.14. The van der Waals surface area contributed by atoms with E-state index in [9.17, 15) is 5.11 Å². The van der Waals surface area contributed by atoms with E-state index in [0.717, 1.165) is 45.4 Å². The van der Waals surface area contributed by atoms with Crippen molar-refractivity contribution < 1.29 is 14.6 Å². The molecule has 0 saturated heterocycles. The van der Waals surface area contributed by atoms with E-state index in [0.29, 0.717) is 18.5 Å². The molecule has 0 amide bonds. The van der Waals surface area contributed by atoms with Crippen LogP contribution in [-0.2, 0) is 6.42 Å². The van der Waals surface area contributed by atoms with Crippen molar-refractivity contribution in [2.45, 2.75) is 32.8 Å². The Bertz CT molecular complexity index is 1090. The molecule has 0 bridgehead atoms. The summed E-state index contributed by atoms with van der Waals surface area (Å²) < 4.78 is 13.1. The summed E-state index contributed by atoms with van der Waals surface area (Å²) in [6, 6.07) is 14.1. The minimum Gasteiger partial charge on any atom is -0.454 e. The molecule has 2 aromatic carbocycles. The molecule has 28 heavy (non-hydrogen) atoms. The van der Waals surface area contributed by atoms with Crippen LogP contribution in [0.15, 0.2) is 47.6 Å². The normalized spacial score (nSPS) is 15.5. The third-order valence-corrected chi connectivity index (χ3v) is 5.33. The lowest BCUT2D eigenvalue weighted by Gasteiger charge is -2.11. The maximum atomic E-state index is 10.4. The Hall–Kier alpha value is -3.12. The third kappa shape index (κ3) is 2.60. The predicted octanol–water partition coefficient (Wildman–Crippen LogP) is 3.57. The van der Waals surface area contributed by atoms with Gasteiger partial charge >= 0.3 is 0 Å². The van der Waals surface area contributed by atoms with Crippen molar-refractivity contribution in [3.05, 3.63) is 76.4 Å². The van der Waals surface area contributed by atoms with Crippen molar-refractivity contribution in [3.8, 4) is 11.5 Å². The zero-order valence-corrected chi connectivity index (χ0v) is 15.8. The maximum absolute atomic E-state index is 10.4. The fourth-order valence-electron chi connectivity index (χ4n) is 3.81. The van der Waals surface area contributed by atoms with Crippen LogP contribution in [0.5, 0.6) is 11.5 Å². The van der Waals surface area contributed by atoms with E-state index in [-0.39, 0.29) is 6.79 Å². The first-order chi connectivity index (χ1) is 13.7. The van der Waals surface area contributed by atoms with Crippen LogP contribution in [-0.4, -0.2) is 27.3 Å². The second kappa shape index (κ2) is 6.49. The molecule has 5 rings (SSSR count). The van der Waals surface area contributed by atoms with Crippen molar-refractivity contribution in [1.29, 1.82) is 0 Å². The van der Waals surface area contributed by atoms with Crippen molar-refractivity contribution in [2.24, 2.45) is 5.10 Å². The second-order valence-corrected chi connectivity index (χ2v) is 7.09. The number of nitrogens with zero attached hydrogens (tertiary/aromatic N) is 3. The van der Waals surface area contributed by atoms with Gasteiger partial charge in [0.05, 0.1) is 23.2 Å². The number of aromatic nitrogens is 2. The fourth-order valence-corrected chi connectivity index (χ4v) is 3.81. The minimum absolute atomic E-state index is 0.233. The average molecular weight is 375 g/mol. The Kier molecular flexibility index (Phi) is 3.94. The third-order valence-electron chi connectivity index (χ3n) is 5.33. The zero-order chi connectivity index (χ0) is 19.3. The molecule has 0 aliphatic carbocycles. The first kappa shape index (κ1) is 17.0. The van der Waals surface area contributed by atoms with Crippen LogP contribution >= 0.6 is 0 Å². The molecule has 3 aromatic rings. The van der Waals surface area contributed by atoms with Crippen LogP contribution < -0.4 is 9.47 Å². The highest BCUT2D eigenvalue weighted by molar-refractivity contribution is 6.14. The molecule has 6 nitrogen and oxygen atoms in total. The van der Waals surface area contributed by atoms with Gasteiger partial charge in [-0.3, -0.25) is 0 Å². The van der Waals surface area contributed by atoms with Gasteiger partial charge < -0.3 is 14.6 Å². The number of ether oxygens (including phenoxy) is 2. The molecule has 2 aliphatic rings. The average Bonchev–Trinajstić information content (AvgIpc) is 3.25. The lowest BCUT2D eigenvalue weighted by molar-refractivity contribution is 0.168. The SMILES string of the molecule is CCC(O)c1nc2n(c1C)N=C(c1ccccc1)c1cc3c(cc1C2)OCO3. The van der Waals surface area contributed by atoms with Crippen molar-refractivity contribution in [3.63, 3.8) is 0 Å². The van der Waals surface area contributed by atoms with E-state index < -0.39 is 6.10 Å². The number of fused-ring (bicyclic) bond motifs is 3. The summed E-state index contributed by atoms with van der Waals surface area (Å²) in [5.41, 5.74) is 5.52. The fraction of sp³-hybridized carbons (Fsp3) is 0.273. The van der Waals surface area contributed by atoms with Gasteiger partial charge in [-0.1, -0.05) is 37.3 Å². The van der Waals surface area contributed by atoms with Crippen LogP contribution in [0, 0.1) is 6.92 Å². The topological polar surface area (TPSA) is 68.9 Å². The first-order valence-electron chi connectivity index (χ1n) is 9.49. The molecule has 1 aromatic heterocycles. The molecule has 142 valence electrons. The standard InChI is InChI=1S/C22H21N3O3/c1-3-17(26)21-13(2)25-20(23-21)10-15-9-18-19(28-12-27-18)11-16(15)22(24-25)14-7-5-4-6-8-14/h4-9,11,17,26H,3,10,12H2,1-2H3. The molecule has 1 atom stereocenters. The second-order valence-electron chi connectivity index (χ2n) is 7.09. The van der Waals surface area contributed by atoms with Crippen molar-refractivity contribution >= 4 is 5.71 Å². The van der Waals surface area contributed by atoms with Crippen molar-refractivity contribution in [1.82, 2.24) is 9.66 Å². The Morgan fingerprint density at radius 1 is 1.14 bits per heavy atom. The highest BCUT2D eigenvalue weighted by Gasteiger charge is 2.27. The Morgan fingerprint density at radius 3 is 2.64 bits per heavy atom. The van der Waals surface area contributed by atoms with Gasteiger partial charge in [-0.15, -0.1) is 0 Å². The van der Waals surface area contributed by atoms with E-state index in [2.05, 4.69) is 0 Å². The summed E-state index contributed by atoms with van der Waals surface area (Å²) in [5.74, 6) is 2.29. The zero-order valence-electron chi connectivity index (χ0n) is 15.8. The number of hydrogen-bond acceptors (Lipinski definition) is 5. The lowest BCUT2D eigenvalue weighted by Crippen LogP contribution is -2.08. The van der Waals surface area contributed by atoms with Gasteiger partial charge in [0.2, 0.25) is 6.79 Å². The summed E-state index contributed by atoms with van der Waals surface area (Å²) in [5, 5.41) is 15.4. The highest BCUT2D eigenvalue weighted by Crippen LogP contribution is 2.38. The molecule has 0 radical (unpaired) electrons. The van der Waals surface area contributed by atoms with Gasteiger partial charge in [0.15, 0.2) is 11.5 Å². The summed E-state index contributed by atoms with van der Waals surface area (Å²) in [6.07, 6.45) is 0.622. The Labute approximate surface area is 163 Å². The van der Waals surface area contributed by atoms with Gasteiger partial charge in [0.1, 0.15) is 5.82 Å². The van der Waals surface area contributed by atoms with Crippen LogP contribution in [0.3, 0.4) is 0 Å². The molecule has 6 heteroatoms. The molecule has 0 spiro atoms. The highest BCUT2D eigenvalue weighted by atomic mass is 16.7. The molecule has 0 saturated carbocycles.